The Hall–Kier alpha value is -0.610. The van der Waals surface area contributed by atoms with Crippen LogP contribution in [-0.4, -0.2) is 38.7 Å². The van der Waals surface area contributed by atoms with E-state index >= 15 is 0 Å². The van der Waals surface area contributed by atoms with Gasteiger partial charge in [-0.3, -0.25) is 0 Å². The van der Waals surface area contributed by atoms with Crippen LogP contribution in [-0.2, 0) is 4.79 Å². The number of carboxylic acid groups (broad SMARTS) is 1. The van der Waals surface area contributed by atoms with Crippen molar-refractivity contribution < 1.29 is 20.1 Å². The summed E-state index contributed by atoms with van der Waals surface area (Å²) in [5.41, 5.74) is 0. The summed E-state index contributed by atoms with van der Waals surface area (Å²) < 4.78 is 0. The number of hydrogen-bond donors (Lipinski definition) is 2. The molecule has 0 bridgehead atoms. The van der Waals surface area contributed by atoms with Crippen LogP contribution in [0.5, 0.6) is 0 Å². The zero-order valence-corrected chi connectivity index (χ0v) is 5.93. The van der Waals surface area contributed by atoms with E-state index in [0.29, 0.717) is 0 Å². The smallest absolute Gasteiger partial charge is 0.127 e. The van der Waals surface area contributed by atoms with Gasteiger partial charge < -0.3 is 20.1 Å². The first-order valence-corrected chi connectivity index (χ1v) is 3.64. The second kappa shape index (κ2) is 3.53. The van der Waals surface area contributed by atoms with Gasteiger partial charge >= 0.3 is 0 Å². The zero-order chi connectivity index (χ0) is 7.40. The molecule has 0 spiro atoms. The van der Waals surface area contributed by atoms with Crippen LogP contribution in [0.3, 0.4) is 0 Å². The first kappa shape index (κ1) is 7.50. The van der Waals surface area contributed by atoms with E-state index in [2.05, 4.69) is 5.32 Å². The van der Waals surface area contributed by atoms with Gasteiger partial charge in [0.2, 0.25) is 0 Å². The standard InChI is InChI=1S/C6H12N2O2/c9-6(10)5-8-3-1-7-2-4-8/h7H,1-5H2,(H,9,10)/p+1. The summed E-state index contributed by atoms with van der Waals surface area (Å²) in [6, 6.07) is 0. The quantitative estimate of drug-likeness (QED) is 0.409. The van der Waals surface area contributed by atoms with Crippen LogP contribution in [0, 0.1) is 0 Å². The number of nitrogens with one attached hydrogen (secondary N) is 1. The Morgan fingerprint density at radius 2 is 2.10 bits per heavy atom. The van der Waals surface area contributed by atoms with Gasteiger partial charge in [-0.2, -0.15) is 0 Å². The molecule has 0 unspecified atom stereocenters. The lowest BCUT2D eigenvalue weighted by Gasteiger charge is -2.22. The minimum atomic E-state index is -0.933. The molecule has 1 rings (SSSR count). The fourth-order valence-electron chi connectivity index (χ4n) is 1.26. The third-order valence-corrected chi connectivity index (χ3v) is 1.80. The number of nitrogens with two attached hydrogens (primary N) is 1. The molecule has 4 heteroatoms. The molecule has 1 heterocycles. The SMILES string of the molecule is O=C([O-])C[NH+]1CC[NH2+]CC1. The average Bonchev–Trinajstić information content (AvgIpc) is 1.88. The van der Waals surface area contributed by atoms with Crippen molar-refractivity contribution in [3.63, 3.8) is 0 Å². The number of rotatable bonds is 2. The van der Waals surface area contributed by atoms with Gasteiger partial charge in [0.1, 0.15) is 32.7 Å². The van der Waals surface area contributed by atoms with Crippen LogP contribution in [0.4, 0.5) is 0 Å². The maximum atomic E-state index is 10.1. The van der Waals surface area contributed by atoms with Gasteiger partial charge in [-0.05, 0) is 0 Å². The van der Waals surface area contributed by atoms with Crippen LogP contribution in [0.2, 0.25) is 0 Å². The summed E-state index contributed by atoms with van der Waals surface area (Å²) in [6.07, 6.45) is 0. The lowest BCUT2D eigenvalue weighted by atomic mass is 10.3. The first-order valence-electron chi connectivity index (χ1n) is 3.64. The molecule has 0 atom stereocenters. The second-order valence-electron chi connectivity index (χ2n) is 2.66. The highest BCUT2D eigenvalue weighted by Crippen LogP contribution is 1.53. The van der Waals surface area contributed by atoms with Crippen molar-refractivity contribution in [2.75, 3.05) is 32.7 Å². The molecule has 0 aromatic carbocycles. The first-order chi connectivity index (χ1) is 4.79. The third-order valence-electron chi connectivity index (χ3n) is 1.80. The molecule has 1 aliphatic heterocycles. The van der Waals surface area contributed by atoms with Crippen molar-refractivity contribution in [2.45, 2.75) is 0 Å². The Morgan fingerprint density at radius 3 is 2.60 bits per heavy atom. The Labute approximate surface area is 59.8 Å². The van der Waals surface area contributed by atoms with Gasteiger partial charge in [0, 0.05) is 0 Å². The highest BCUT2D eigenvalue weighted by molar-refractivity contribution is 5.65. The van der Waals surface area contributed by atoms with E-state index in [1.807, 2.05) is 0 Å². The molecule has 10 heavy (non-hydrogen) atoms. The van der Waals surface area contributed by atoms with Crippen LogP contribution in [0.1, 0.15) is 0 Å². The Kier molecular flexibility index (Phi) is 2.65. The van der Waals surface area contributed by atoms with E-state index < -0.39 is 5.97 Å². The van der Waals surface area contributed by atoms with E-state index in [-0.39, 0.29) is 6.54 Å². The number of aliphatic carboxylic acids is 1. The van der Waals surface area contributed by atoms with Gasteiger partial charge in [-0.15, -0.1) is 0 Å². The summed E-state index contributed by atoms with van der Waals surface area (Å²) in [6.45, 7) is 4.17. The van der Waals surface area contributed by atoms with Crippen LogP contribution >= 0.6 is 0 Å². The number of quaternary nitrogens is 2. The molecule has 0 aromatic heterocycles. The summed E-state index contributed by atoms with van der Waals surface area (Å²) in [5, 5.41) is 12.3. The number of carbonyl (C=O) groups is 1. The number of hydrogen-bond acceptors (Lipinski definition) is 2. The summed E-state index contributed by atoms with van der Waals surface area (Å²) in [5.74, 6) is -0.933. The lowest BCUT2D eigenvalue weighted by molar-refractivity contribution is -0.942. The molecule has 58 valence electrons. The van der Waals surface area contributed by atoms with Gasteiger partial charge in [-0.1, -0.05) is 0 Å². The predicted molar refractivity (Wildman–Crippen MR) is 32.2 cm³/mol. The topological polar surface area (TPSA) is 61.2 Å². The van der Waals surface area contributed by atoms with E-state index in [4.69, 9.17) is 0 Å². The minimum absolute atomic E-state index is 0.174. The molecule has 4 nitrogen and oxygen atoms in total. The Bertz CT molecular complexity index is 121. The predicted octanol–water partition coefficient (Wildman–Crippen LogP) is -4.80. The molecular formula is C6H13N2O2+. The third kappa shape index (κ3) is 2.33. The summed E-state index contributed by atoms with van der Waals surface area (Å²) in [7, 11) is 0. The molecular weight excluding hydrogens is 132 g/mol. The second-order valence-corrected chi connectivity index (χ2v) is 2.66. The van der Waals surface area contributed by atoms with Gasteiger partial charge in [0.25, 0.3) is 0 Å². The normalized spacial score (nSPS) is 20.8. The highest BCUT2D eigenvalue weighted by atomic mass is 16.4. The van der Waals surface area contributed by atoms with Crippen LogP contribution in [0.25, 0.3) is 0 Å². The van der Waals surface area contributed by atoms with Gasteiger partial charge in [0.15, 0.2) is 0 Å². The van der Waals surface area contributed by atoms with Crippen molar-refractivity contribution in [1.29, 1.82) is 0 Å². The van der Waals surface area contributed by atoms with E-state index in [9.17, 15) is 9.90 Å². The van der Waals surface area contributed by atoms with E-state index in [1.165, 1.54) is 0 Å². The average molecular weight is 145 g/mol. The molecule has 1 saturated heterocycles. The fourth-order valence-corrected chi connectivity index (χ4v) is 1.26. The number of carboxylic acids is 1. The molecule has 3 N–H and O–H groups in total. The minimum Gasteiger partial charge on any atom is -0.544 e. The molecule has 0 aliphatic carbocycles. The summed E-state index contributed by atoms with van der Waals surface area (Å²) >= 11 is 0. The maximum absolute atomic E-state index is 10.1. The molecule has 0 aromatic rings. The van der Waals surface area contributed by atoms with Crippen molar-refractivity contribution >= 4 is 5.97 Å². The Balaban J connectivity index is 2.19. The zero-order valence-electron chi connectivity index (χ0n) is 5.93. The molecule has 0 radical (unpaired) electrons. The van der Waals surface area contributed by atoms with Crippen LogP contribution in [0.15, 0.2) is 0 Å². The number of piperazine rings is 1. The molecule has 0 amide bonds. The fraction of sp³-hybridized carbons (Fsp3) is 0.833. The van der Waals surface area contributed by atoms with Crippen LogP contribution < -0.4 is 15.3 Å². The monoisotopic (exact) mass is 145 g/mol. The summed E-state index contributed by atoms with van der Waals surface area (Å²) in [4.78, 5) is 11.3. The lowest BCUT2D eigenvalue weighted by Crippen LogP contribution is -3.21. The van der Waals surface area contributed by atoms with Crippen molar-refractivity contribution in [2.24, 2.45) is 0 Å². The van der Waals surface area contributed by atoms with Crippen molar-refractivity contribution in [3.05, 3.63) is 0 Å². The molecule has 0 saturated carbocycles. The Morgan fingerprint density at radius 1 is 1.50 bits per heavy atom. The number of carbonyl (C=O) groups excluding carboxylic acids is 1. The molecule has 1 aliphatic rings. The van der Waals surface area contributed by atoms with Gasteiger partial charge in [-0.25, -0.2) is 0 Å². The van der Waals surface area contributed by atoms with Gasteiger partial charge in [0.05, 0.1) is 5.97 Å². The van der Waals surface area contributed by atoms with Crippen molar-refractivity contribution in [3.8, 4) is 0 Å². The highest BCUT2D eigenvalue weighted by Gasteiger charge is 2.14. The van der Waals surface area contributed by atoms with Crippen molar-refractivity contribution in [1.82, 2.24) is 0 Å². The largest absolute Gasteiger partial charge is 0.544 e. The molecule has 1 fully saturated rings. The maximum Gasteiger partial charge on any atom is 0.127 e. The van der Waals surface area contributed by atoms with E-state index in [1.54, 1.807) is 0 Å². The van der Waals surface area contributed by atoms with E-state index in [0.717, 1.165) is 31.1 Å².